The molecule has 0 aromatic rings. The zero-order chi connectivity index (χ0) is 16.8. The van der Waals surface area contributed by atoms with Crippen LogP contribution >= 0.6 is 0 Å². The van der Waals surface area contributed by atoms with Gasteiger partial charge in [0.25, 0.3) is 0 Å². The summed E-state index contributed by atoms with van der Waals surface area (Å²) in [6, 6.07) is 0. The summed E-state index contributed by atoms with van der Waals surface area (Å²) in [6.07, 6.45) is 0.200. The standard InChI is InChI=1S/C15H27NO5/c1-8-11(17)16(9-12(18)20-14(2,3)4)10-13(19)21-15(5,6)7/h8-10H2,1-7H3. The van der Waals surface area contributed by atoms with Gasteiger partial charge in [-0.05, 0) is 41.5 Å². The Balaban J connectivity index is 4.72. The molecule has 0 spiro atoms. The minimum Gasteiger partial charge on any atom is -0.459 e. The van der Waals surface area contributed by atoms with Gasteiger partial charge in [0.2, 0.25) is 5.91 Å². The van der Waals surface area contributed by atoms with Gasteiger partial charge in [-0.3, -0.25) is 14.4 Å². The molecular formula is C15H27NO5. The molecule has 0 aliphatic carbocycles. The summed E-state index contributed by atoms with van der Waals surface area (Å²) in [4.78, 5) is 36.6. The second-order valence-electron chi connectivity index (χ2n) is 6.78. The predicted molar refractivity (Wildman–Crippen MR) is 78.6 cm³/mol. The quantitative estimate of drug-likeness (QED) is 0.725. The first-order chi connectivity index (χ1) is 9.34. The van der Waals surface area contributed by atoms with Crippen molar-refractivity contribution in [2.75, 3.05) is 13.1 Å². The summed E-state index contributed by atoms with van der Waals surface area (Å²) in [6.45, 7) is 11.6. The SMILES string of the molecule is CCC(=O)N(CC(=O)OC(C)(C)C)CC(=O)OC(C)(C)C. The number of hydrogen-bond donors (Lipinski definition) is 0. The lowest BCUT2D eigenvalue weighted by atomic mass is 10.2. The van der Waals surface area contributed by atoms with Crippen LogP contribution in [0.1, 0.15) is 54.9 Å². The van der Waals surface area contributed by atoms with Crippen LogP contribution in [0.25, 0.3) is 0 Å². The molecule has 0 saturated heterocycles. The molecule has 6 nitrogen and oxygen atoms in total. The van der Waals surface area contributed by atoms with E-state index in [1.165, 1.54) is 0 Å². The molecule has 0 rings (SSSR count). The van der Waals surface area contributed by atoms with Gasteiger partial charge in [0.05, 0.1) is 0 Å². The van der Waals surface area contributed by atoms with E-state index < -0.39 is 23.1 Å². The van der Waals surface area contributed by atoms with Crippen molar-refractivity contribution in [2.45, 2.75) is 66.1 Å². The fourth-order valence-electron chi connectivity index (χ4n) is 1.52. The Kier molecular flexibility index (Phi) is 6.86. The molecule has 122 valence electrons. The highest BCUT2D eigenvalue weighted by molar-refractivity contribution is 5.86. The first kappa shape index (κ1) is 19.4. The van der Waals surface area contributed by atoms with E-state index in [1.54, 1.807) is 48.5 Å². The monoisotopic (exact) mass is 301 g/mol. The Hall–Kier alpha value is -1.59. The van der Waals surface area contributed by atoms with Crippen LogP contribution in [-0.4, -0.2) is 47.0 Å². The smallest absolute Gasteiger partial charge is 0.326 e. The summed E-state index contributed by atoms with van der Waals surface area (Å²) >= 11 is 0. The lowest BCUT2D eigenvalue weighted by Gasteiger charge is -2.26. The largest absolute Gasteiger partial charge is 0.459 e. The van der Waals surface area contributed by atoms with Crippen LogP contribution in [0.5, 0.6) is 0 Å². The number of amides is 1. The molecule has 0 aromatic carbocycles. The van der Waals surface area contributed by atoms with E-state index in [-0.39, 0.29) is 25.4 Å². The van der Waals surface area contributed by atoms with Gasteiger partial charge >= 0.3 is 11.9 Å². The summed E-state index contributed by atoms with van der Waals surface area (Å²) in [7, 11) is 0. The lowest BCUT2D eigenvalue weighted by Crippen LogP contribution is -2.42. The van der Waals surface area contributed by atoms with Gasteiger partial charge in [-0.1, -0.05) is 6.92 Å². The lowest BCUT2D eigenvalue weighted by molar-refractivity contribution is -0.163. The Bertz CT molecular complexity index is 360. The van der Waals surface area contributed by atoms with Gasteiger partial charge in [-0.2, -0.15) is 0 Å². The Labute approximate surface area is 126 Å². The number of carbonyl (C=O) groups excluding carboxylic acids is 3. The van der Waals surface area contributed by atoms with Crippen molar-refractivity contribution in [1.29, 1.82) is 0 Å². The average molecular weight is 301 g/mol. The van der Waals surface area contributed by atoms with Crippen molar-refractivity contribution in [3.63, 3.8) is 0 Å². The third kappa shape index (κ3) is 9.87. The van der Waals surface area contributed by atoms with Gasteiger partial charge in [-0.25, -0.2) is 0 Å². The van der Waals surface area contributed by atoms with Gasteiger partial charge in [-0.15, -0.1) is 0 Å². The first-order valence-corrected chi connectivity index (χ1v) is 7.05. The first-order valence-electron chi connectivity index (χ1n) is 7.05. The Morgan fingerprint density at radius 3 is 1.38 bits per heavy atom. The predicted octanol–water partition coefficient (Wildman–Crippen LogP) is 1.91. The van der Waals surface area contributed by atoms with E-state index >= 15 is 0 Å². The van der Waals surface area contributed by atoms with Crippen LogP contribution in [0.4, 0.5) is 0 Å². The third-order valence-electron chi connectivity index (χ3n) is 2.14. The van der Waals surface area contributed by atoms with E-state index in [1.807, 2.05) is 0 Å². The average Bonchev–Trinajstić information content (AvgIpc) is 2.21. The molecule has 1 amide bonds. The van der Waals surface area contributed by atoms with Crippen LogP contribution in [0.2, 0.25) is 0 Å². The van der Waals surface area contributed by atoms with Crippen LogP contribution in [-0.2, 0) is 23.9 Å². The number of esters is 2. The fraction of sp³-hybridized carbons (Fsp3) is 0.800. The molecule has 0 saturated carbocycles. The van der Waals surface area contributed by atoms with Gasteiger partial charge in [0.1, 0.15) is 24.3 Å². The van der Waals surface area contributed by atoms with E-state index in [2.05, 4.69) is 0 Å². The molecule has 0 aromatic heterocycles. The van der Waals surface area contributed by atoms with E-state index in [0.29, 0.717) is 0 Å². The molecule has 21 heavy (non-hydrogen) atoms. The molecular weight excluding hydrogens is 274 g/mol. The van der Waals surface area contributed by atoms with Crippen molar-refractivity contribution >= 4 is 17.8 Å². The van der Waals surface area contributed by atoms with E-state index in [0.717, 1.165) is 4.90 Å². The minimum atomic E-state index is -0.635. The second-order valence-corrected chi connectivity index (χ2v) is 6.78. The number of hydrogen-bond acceptors (Lipinski definition) is 5. The van der Waals surface area contributed by atoms with Crippen molar-refractivity contribution in [3.8, 4) is 0 Å². The van der Waals surface area contributed by atoms with Crippen LogP contribution in [0.15, 0.2) is 0 Å². The highest BCUT2D eigenvalue weighted by Crippen LogP contribution is 2.10. The van der Waals surface area contributed by atoms with E-state index in [9.17, 15) is 14.4 Å². The summed E-state index contributed by atoms with van der Waals surface area (Å²) in [5.74, 6) is -1.40. The van der Waals surface area contributed by atoms with Crippen molar-refractivity contribution < 1.29 is 23.9 Å². The van der Waals surface area contributed by atoms with Gasteiger partial charge in [0.15, 0.2) is 0 Å². The summed E-state index contributed by atoms with van der Waals surface area (Å²) in [5.41, 5.74) is -1.27. The number of ether oxygens (including phenoxy) is 2. The molecule has 0 aliphatic rings. The number of nitrogens with zero attached hydrogens (tertiary/aromatic N) is 1. The molecule has 0 N–H and O–H groups in total. The summed E-state index contributed by atoms with van der Waals surface area (Å²) in [5, 5.41) is 0. The van der Waals surface area contributed by atoms with E-state index in [4.69, 9.17) is 9.47 Å². The molecule has 0 aliphatic heterocycles. The maximum absolute atomic E-state index is 11.8. The van der Waals surface area contributed by atoms with Gasteiger partial charge in [0, 0.05) is 6.42 Å². The molecule has 0 heterocycles. The highest BCUT2D eigenvalue weighted by Gasteiger charge is 2.25. The number of carbonyl (C=O) groups is 3. The van der Waals surface area contributed by atoms with Crippen LogP contribution in [0.3, 0.4) is 0 Å². The second kappa shape index (κ2) is 7.43. The Morgan fingerprint density at radius 1 is 0.810 bits per heavy atom. The molecule has 0 fully saturated rings. The van der Waals surface area contributed by atoms with Crippen molar-refractivity contribution in [2.24, 2.45) is 0 Å². The minimum absolute atomic E-state index is 0.200. The maximum Gasteiger partial charge on any atom is 0.326 e. The molecule has 0 bridgehead atoms. The van der Waals surface area contributed by atoms with Gasteiger partial charge < -0.3 is 14.4 Å². The maximum atomic E-state index is 11.8. The molecule has 0 radical (unpaired) electrons. The van der Waals surface area contributed by atoms with Crippen LogP contribution in [0, 0.1) is 0 Å². The zero-order valence-electron chi connectivity index (χ0n) is 14.1. The normalized spacial score (nSPS) is 11.8. The molecule has 6 heteroatoms. The van der Waals surface area contributed by atoms with Crippen molar-refractivity contribution in [1.82, 2.24) is 4.90 Å². The number of rotatable bonds is 5. The highest BCUT2D eigenvalue weighted by atomic mass is 16.6. The Morgan fingerprint density at radius 2 is 1.14 bits per heavy atom. The molecule has 0 atom stereocenters. The van der Waals surface area contributed by atoms with Crippen LogP contribution < -0.4 is 0 Å². The van der Waals surface area contributed by atoms with Crippen molar-refractivity contribution in [3.05, 3.63) is 0 Å². The molecule has 0 unspecified atom stereocenters. The third-order valence-corrected chi connectivity index (χ3v) is 2.14. The topological polar surface area (TPSA) is 72.9 Å². The fourth-order valence-corrected chi connectivity index (χ4v) is 1.52. The summed E-state index contributed by atoms with van der Waals surface area (Å²) < 4.78 is 10.3. The zero-order valence-corrected chi connectivity index (χ0v) is 14.1.